The van der Waals surface area contributed by atoms with E-state index in [4.69, 9.17) is 0 Å². The molecule has 0 atom stereocenters. The molecule has 4 rings (SSSR count). The summed E-state index contributed by atoms with van der Waals surface area (Å²) in [5.41, 5.74) is 1.50. The van der Waals surface area contributed by atoms with Gasteiger partial charge in [0.15, 0.2) is 5.82 Å². The third-order valence-corrected chi connectivity index (χ3v) is 4.85. The zero-order valence-corrected chi connectivity index (χ0v) is 14.1. The van der Waals surface area contributed by atoms with E-state index in [0.29, 0.717) is 17.9 Å². The Bertz CT molecular complexity index is 879. The Morgan fingerprint density at radius 1 is 1.32 bits per heavy atom. The Morgan fingerprint density at radius 3 is 2.84 bits per heavy atom. The minimum absolute atomic E-state index is 0.0828. The molecular weight excluding hydrogens is 316 g/mol. The summed E-state index contributed by atoms with van der Waals surface area (Å²) in [6.07, 6.45) is 7.49. The monoisotopic (exact) mass is 336 g/mol. The van der Waals surface area contributed by atoms with E-state index in [2.05, 4.69) is 30.0 Å². The molecule has 3 aromatic rings. The quantitative estimate of drug-likeness (QED) is 0.722. The number of amides is 1. The van der Waals surface area contributed by atoms with E-state index in [1.54, 1.807) is 0 Å². The van der Waals surface area contributed by atoms with Crippen molar-refractivity contribution in [1.29, 1.82) is 0 Å². The number of carbonyl (C=O) groups excluding carboxylic acids is 1. The molecule has 0 radical (unpaired) electrons. The summed E-state index contributed by atoms with van der Waals surface area (Å²) in [7, 11) is 0. The number of hydrogen-bond donors (Lipinski definition) is 2. The Kier molecular flexibility index (Phi) is 3.83. The van der Waals surface area contributed by atoms with Crippen LogP contribution < -0.4 is 5.32 Å². The fraction of sp³-hybridized carbons (Fsp3) is 0.333. The number of aromatic nitrogens is 5. The van der Waals surface area contributed by atoms with Gasteiger partial charge in [0.1, 0.15) is 12.2 Å². The highest BCUT2D eigenvalue weighted by molar-refractivity contribution is 6.00. The van der Waals surface area contributed by atoms with Crippen LogP contribution >= 0.6 is 0 Å². The summed E-state index contributed by atoms with van der Waals surface area (Å²) < 4.78 is 2.15. The van der Waals surface area contributed by atoms with Crippen LogP contribution in [0.1, 0.15) is 29.0 Å². The molecule has 7 nitrogen and oxygen atoms in total. The lowest BCUT2D eigenvalue weighted by molar-refractivity contribution is 0.0943. The van der Waals surface area contributed by atoms with Gasteiger partial charge in [-0.2, -0.15) is 5.10 Å². The molecule has 0 unspecified atom stereocenters. The number of H-pyrrole nitrogens is 1. The number of nitrogens with zero attached hydrogens (tertiary/aromatic N) is 4. The zero-order chi connectivity index (χ0) is 17.3. The smallest absolute Gasteiger partial charge is 0.252 e. The van der Waals surface area contributed by atoms with Crippen molar-refractivity contribution in [2.24, 2.45) is 5.41 Å². The first kappa shape index (κ1) is 15.6. The van der Waals surface area contributed by atoms with E-state index >= 15 is 0 Å². The molecule has 2 heterocycles. The van der Waals surface area contributed by atoms with Gasteiger partial charge in [-0.05, 0) is 25.8 Å². The second kappa shape index (κ2) is 6.16. The van der Waals surface area contributed by atoms with E-state index in [9.17, 15) is 4.79 Å². The van der Waals surface area contributed by atoms with Crippen molar-refractivity contribution in [1.82, 2.24) is 30.0 Å². The fourth-order valence-electron chi connectivity index (χ4n) is 3.09. The normalized spacial score (nSPS) is 15.1. The molecule has 1 aliphatic rings. The number of imidazole rings is 1. The van der Waals surface area contributed by atoms with E-state index in [0.717, 1.165) is 30.8 Å². The third-order valence-electron chi connectivity index (χ3n) is 4.85. The number of aryl methyl sites for hydroxylation is 1. The number of carbonyl (C=O) groups is 1. The number of hydrogen-bond acceptors (Lipinski definition) is 4. The Morgan fingerprint density at radius 2 is 2.16 bits per heavy atom. The highest BCUT2D eigenvalue weighted by atomic mass is 16.1. The topological polar surface area (TPSA) is 88.5 Å². The van der Waals surface area contributed by atoms with Crippen LogP contribution in [0.2, 0.25) is 0 Å². The Hall–Kier alpha value is -2.96. The van der Waals surface area contributed by atoms with E-state index in [-0.39, 0.29) is 11.3 Å². The lowest BCUT2D eigenvalue weighted by Crippen LogP contribution is -2.32. The highest BCUT2D eigenvalue weighted by Gasteiger charge is 2.43. The molecule has 1 fully saturated rings. The van der Waals surface area contributed by atoms with Crippen LogP contribution in [-0.2, 0) is 6.54 Å². The average molecular weight is 336 g/mol. The Labute approximate surface area is 145 Å². The van der Waals surface area contributed by atoms with Crippen molar-refractivity contribution in [2.45, 2.75) is 26.3 Å². The van der Waals surface area contributed by atoms with E-state index in [1.807, 2.05) is 43.6 Å². The van der Waals surface area contributed by atoms with Crippen LogP contribution in [0.15, 0.2) is 43.0 Å². The first-order chi connectivity index (χ1) is 12.2. The molecule has 7 heteroatoms. The molecule has 2 N–H and O–H groups in total. The summed E-state index contributed by atoms with van der Waals surface area (Å²) in [4.78, 5) is 21.1. The lowest BCUT2D eigenvalue weighted by Gasteiger charge is -2.18. The number of aromatic amines is 1. The van der Waals surface area contributed by atoms with Gasteiger partial charge in [-0.25, -0.2) is 9.97 Å². The van der Waals surface area contributed by atoms with E-state index < -0.39 is 0 Å². The summed E-state index contributed by atoms with van der Waals surface area (Å²) in [5.74, 6) is 1.52. The van der Waals surface area contributed by atoms with Gasteiger partial charge < -0.3 is 9.88 Å². The van der Waals surface area contributed by atoms with Crippen LogP contribution in [0.3, 0.4) is 0 Å². The third kappa shape index (κ3) is 3.17. The van der Waals surface area contributed by atoms with Crippen LogP contribution in [0.25, 0.3) is 11.4 Å². The van der Waals surface area contributed by atoms with Gasteiger partial charge in [0.25, 0.3) is 5.91 Å². The summed E-state index contributed by atoms with van der Waals surface area (Å²) >= 11 is 0. The van der Waals surface area contributed by atoms with Crippen LogP contribution in [0.5, 0.6) is 0 Å². The summed E-state index contributed by atoms with van der Waals surface area (Å²) in [6.45, 7) is 3.55. The second-order valence-electron chi connectivity index (χ2n) is 6.66. The number of nitrogens with one attached hydrogen (secondary N) is 2. The first-order valence-electron chi connectivity index (χ1n) is 8.38. The van der Waals surface area contributed by atoms with Gasteiger partial charge in [0, 0.05) is 36.5 Å². The zero-order valence-electron chi connectivity index (χ0n) is 14.1. The van der Waals surface area contributed by atoms with Crippen molar-refractivity contribution in [3.63, 3.8) is 0 Å². The molecule has 128 valence electrons. The molecule has 2 aromatic heterocycles. The van der Waals surface area contributed by atoms with Crippen molar-refractivity contribution in [3.8, 4) is 11.4 Å². The van der Waals surface area contributed by atoms with Crippen molar-refractivity contribution < 1.29 is 4.79 Å². The fourth-order valence-corrected chi connectivity index (χ4v) is 3.09. The molecular formula is C18H20N6O. The lowest BCUT2D eigenvalue weighted by atomic mass is 10.0. The SMILES string of the molecule is Cc1nccn1CC1(CNC(=O)c2ccccc2-c2ncn[nH]2)CC1. The van der Waals surface area contributed by atoms with Crippen LogP contribution in [0, 0.1) is 12.3 Å². The molecule has 1 aromatic carbocycles. The van der Waals surface area contributed by atoms with E-state index in [1.165, 1.54) is 6.33 Å². The summed E-state index contributed by atoms with van der Waals surface area (Å²) in [6, 6.07) is 7.43. The predicted molar refractivity (Wildman–Crippen MR) is 92.8 cm³/mol. The molecule has 1 aliphatic carbocycles. The van der Waals surface area contributed by atoms with Gasteiger partial charge in [-0.15, -0.1) is 0 Å². The maximum absolute atomic E-state index is 12.7. The van der Waals surface area contributed by atoms with Gasteiger partial charge in [0.2, 0.25) is 0 Å². The minimum Gasteiger partial charge on any atom is -0.351 e. The predicted octanol–water partition coefficient (Wildman–Crippen LogP) is 2.19. The molecule has 25 heavy (non-hydrogen) atoms. The minimum atomic E-state index is -0.0828. The van der Waals surface area contributed by atoms with Crippen LogP contribution in [0.4, 0.5) is 0 Å². The molecule has 0 saturated heterocycles. The molecule has 0 aliphatic heterocycles. The second-order valence-corrected chi connectivity index (χ2v) is 6.66. The Balaban J connectivity index is 1.46. The number of rotatable bonds is 6. The van der Waals surface area contributed by atoms with Crippen molar-refractivity contribution >= 4 is 5.91 Å². The maximum Gasteiger partial charge on any atom is 0.252 e. The summed E-state index contributed by atoms with van der Waals surface area (Å²) in [5, 5.41) is 9.79. The molecule has 0 bridgehead atoms. The van der Waals surface area contributed by atoms with Gasteiger partial charge in [-0.3, -0.25) is 9.89 Å². The number of benzene rings is 1. The first-order valence-corrected chi connectivity index (χ1v) is 8.38. The van der Waals surface area contributed by atoms with Crippen molar-refractivity contribution in [3.05, 3.63) is 54.4 Å². The maximum atomic E-state index is 12.7. The van der Waals surface area contributed by atoms with Crippen molar-refractivity contribution in [2.75, 3.05) is 6.54 Å². The molecule has 1 amide bonds. The largest absolute Gasteiger partial charge is 0.351 e. The molecule has 1 saturated carbocycles. The van der Waals surface area contributed by atoms with Gasteiger partial charge in [-0.1, -0.05) is 18.2 Å². The highest BCUT2D eigenvalue weighted by Crippen LogP contribution is 2.46. The standard InChI is InChI=1S/C18H20N6O/c1-13-19-8-9-24(13)11-18(6-7-18)10-20-17(25)15-5-3-2-4-14(15)16-21-12-22-23-16/h2-5,8-9,12H,6-7,10-11H2,1H3,(H,20,25)(H,21,22,23). The van der Waals surface area contributed by atoms with Crippen LogP contribution in [-0.4, -0.2) is 37.2 Å². The van der Waals surface area contributed by atoms with Gasteiger partial charge >= 0.3 is 0 Å². The average Bonchev–Trinajstić information content (AvgIpc) is 3.00. The molecule has 0 spiro atoms. The van der Waals surface area contributed by atoms with Gasteiger partial charge in [0.05, 0.1) is 5.56 Å².